The smallest absolute Gasteiger partial charge is 0.365 e. The zero-order chi connectivity index (χ0) is 6.41. The topological polar surface area (TPSA) is 65.5 Å². The first-order chi connectivity index (χ1) is 3.46. The van der Waals surface area contributed by atoms with Crippen molar-refractivity contribution < 1.29 is 20.0 Å². The van der Waals surface area contributed by atoms with Crippen LogP contribution in [0, 0.1) is 0 Å². The molecular formula is C4H8O4. The quantitative estimate of drug-likeness (QED) is 0.357. The Morgan fingerprint density at radius 3 is 1.75 bits per heavy atom. The molecule has 1 rings (SSSR count). The fraction of sp³-hybridized carbons (Fsp3) is 1.00. The molecule has 48 valence electrons. The minimum Gasteiger partial charge on any atom is -0.382 e. The first-order valence-corrected chi connectivity index (χ1v) is 2.27. The van der Waals surface area contributed by atoms with E-state index in [1.165, 1.54) is 13.8 Å². The van der Waals surface area contributed by atoms with Crippen LogP contribution in [-0.2, 0) is 9.78 Å². The molecule has 0 unspecified atom stereocenters. The summed E-state index contributed by atoms with van der Waals surface area (Å²) >= 11 is 0. The molecule has 1 aliphatic rings. The Morgan fingerprint density at radius 1 is 1.38 bits per heavy atom. The summed E-state index contributed by atoms with van der Waals surface area (Å²) in [5.41, 5.74) is -1.34. The van der Waals surface area contributed by atoms with Crippen LogP contribution in [0.25, 0.3) is 0 Å². The van der Waals surface area contributed by atoms with Crippen molar-refractivity contribution in [2.24, 2.45) is 0 Å². The van der Waals surface area contributed by atoms with Crippen LogP contribution in [0.4, 0.5) is 0 Å². The maximum Gasteiger partial charge on any atom is 0.365 e. The van der Waals surface area contributed by atoms with Gasteiger partial charge in [-0.2, -0.15) is 9.78 Å². The summed E-state index contributed by atoms with van der Waals surface area (Å²) in [4.78, 5) is 8.13. The lowest BCUT2D eigenvalue weighted by molar-refractivity contribution is -0.138. The summed E-state index contributed by atoms with van der Waals surface area (Å²) in [7, 11) is 0. The predicted molar refractivity (Wildman–Crippen MR) is 23.4 cm³/mol. The van der Waals surface area contributed by atoms with Gasteiger partial charge in [0.15, 0.2) is 0 Å². The number of rotatable bonds is 1. The van der Waals surface area contributed by atoms with E-state index in [1.807, 2.05) is 0 Å². The van der Waals surface area contributed by atoms with Gasteiger partial charge in [-0.05, 0) is 13.8 Å². The molecule has 8 heavy (non-hydrogen) atoms. The molecule has 1 heterocycles. The second kappa shape index (κ2) is 1.22. The summed E-state index contributed by atoms with van der Waals surface area (Å²) in [6.45, 7) is 2.78. The molecule has 4 nitrogen and oxygen atoms in total. The van der Waals surface area contributed by atoms with Crippen molar-refractivity contribution >= 4 is 0 Å². The number of hydrogen-bond acceptors (Lipinski definition) is 4. The van der Waals surface area contributed by atoms with Gasteiger partial charge in [0.1, 0.15) is 5.60 Å². The van der Waals surface area contributed by atoms with E-state index in [9.17, 15) is 0 Å². The summed E-state index contributed by atoms with van der Waals surface area (Å²) in [6, 6.07) is 0. The summed E-state index contributed by atoms with van der Waals surface area (Å²) in [6.07, 6.45) is 0. The average molecular weight is 120 g/mol. The molecule has 2 N–H and O–H groups in total. The minimum atomic E-state index is -1.76. The molecular weight excluding hydrogens is 112 g/mol. The normalized spacial score (nSPS) is 25.5. The molecule has 0 amide bonds. The third-order valence-electron chi connectivity index (χ3n) is 1.01. The van der Waals surface area contributed by atoms with Crippen LogP contribution in [0.2, 0.25) is 0 Å². The summed E-state index contributed by atoms with van der Waals surface area (Å²) < 4.78 is 0. The molecule has 0 aromatic carbocycles. The molecule has 1 fully saturated rings. The van der Waals surface area contributed by atoms with Crippen molar-refractivity contribution in [2.75, 3.05) is 0 Å². The van der Waals surface area contributed by atoms with Gasteiger partial charge in [0.25, 0.3) is 0 Å². The zero-order valence-corrected chi connectivity index (χ0v) is 4.71. The van der Waals surface area contributed by atoms with E-state index < -0.39 is 11.6 Å². The van der Waals surface area contributed by atoms with Gasteiger partial charge in [-0.25, -0.2) is 0 Å². The molecule has 0 aromatic rings. The Labute approximate surface area is 46.6 Å². The molecule has 0 aliphatic carbocycles. The maximum atomic E-state index is 8.92. The van der Waals surface area contributed by atoms with Crippen LogP contribution in [-0.4, -0.2) is 21.8 Å². The van der Waals surface area contributed by atoms with Crippen molar-refractivity contribution in [1.82, 2.24) is 0 Å². The lowest BCUT2D eigenvalue weighted by Crippen LogP contribution is -2.38. The second-order valence-electron chi connectivity index (χ2n) is 2.31. The Bertz CT molecular complexity index is 95.9. The Morgan fingerprint density at radius 2 is 1.75 bits per heavy atom. The first-order valence-electron chi connectivity index (χ1n) is 2.27. The second-order valence-corrected chi connectivity index (χ2v) is 2.31. The van der Waals surface area contributed by atoms with Gasteiger partial charge in [-0.1, -0.05) is 0 Å². The van der Waals surface area contributed by atoms with Gasteiger partial charge in [0, 0.05) is 0 Å². The summed E-state index contributed by atoms with van der Waals surface area (Å²) in [5.74, 6) is -1.76. The highest BCUT2D eigenvalue weighted by Crippen LogP contribution is 2.36. The van der Waals surface area contributed by atoms with E-state index in [-0.39, 0.29) is 0 Å². The molecule has 0 spiro atoms. The zero-order valence-electron chi connectivity index (χ0n) is 4.71. The van der Waals surface area contributed by atoms with E-state index in [4.69, 9.17) is 10.2 Å². The van der Waals surface area contributed by atoms with Crippen molar-refractivity contribution in [3.8, 4) is 0 Å². The standard InChI is InChI=1S/C4H8O4/c1-3(2,5)4(6)7-8-4/h5-6H,1-2H3. The lowest BCUT2D eigenvalue weighted by atomic mass is 10.1. The van der Waals surface area contributed by atoms with Crippen molar-refractivity contribution in [1.29, 1.82) is 0 Å². The third kappa shape index (κ3) is 0.714. The molecule has 0 atom stereocenters. The van der Waals surface area contributed by atoms with Crippen LogP contribution in [0.5, 0.6) is 0 Å². The predicted octanol–water partition coefficient (Wildman–Crippen LogP) is -0.635. The van der Waals surface area contributed by atoms with E-state index in [0.717, 1.165) is 0 Å². The fourth-order valence-electron chi connectivity index (χ4n) is 0.243. The molecule has 0 bridgehead atoms. The van der Waals surface area contributed by atoms with Crippen molar-refractivity contribution in [3.05, 3.63) is 0 Å². The molecule has 0 saturated carbocycles. The largest absolute Gasteiger partial charge is 0.382 e. The maximum absolute atomic E-state index is 8.92. The van der Waals surface area contributed by atoms with E-state index in [2.05, 4.69) is 9.78 Å². The molecule has 0 radical (unpaired) electrons. The molecule has 1 aliphatic heterocycles. The molecule has 4 heteroatoms. The van der Waals surface area contributed by atoms with Crippen LogP contribution >= 0.6 is 0 Å². The van der Waals surface area contributed by atoms with Gasteiger partial charge >= 0.3 is 5.97 Å². The van der Waals surface area contributed by atoms with E-state index >= 15 is 0 Å². The lowest BCUT2D eigenvalue weighted by Gasteiger charge is -2.14. The highest BCUT2D eigenvalue weighted by atomic mass is 17.4. The van der Waals surface area contributed by atoms with Gasteiger partial charge in [-0.3, -0.25) is 0 Å². The highest BCUT2D eigenvalue weighted by Gasteiger charge is 2.59. The fourth-order valence-corrected chi connectivity index (χ4v) is 0.243. The van der Waals surface area contributed by atoms with Gasteiger partial charge in [0.2, 0.25) is 0 Å². The third-order valence-corrected chi connectivity index (χ3v) is 1.01. The minimum absolute atomic E-state index is 1.34. The van der Waals surface area contributed by atoms with Crippen molar-refractivity contribution in [3.63, 3.8) is 0 Å². The van der Waals surface area contributed by atoms with E-state index in [1.54, 1.807) is 0 Å². The van der Waals surface area contributed by atoms with Crippen LogP contribution < -0.4 is 0 Å². The average Bonchev–Trinajstić information content (AvgIpc) is 2.16. The van der Waals surface area contributed by atoms with Crippen LogP contribution in [0.15, 0.2) is 0 Å². The summed E-state index contributed by atoms with van der Waals surface area (Å²) in [5, 5.41) is 17.7. The van der Waals surface area contributed by atoms with Gasteiger partial charge in [0.05, 0.1) is 0 Å². The number of hydrogen-bond donors (Lipinski definition) is 2. The van der Waals surface area contributed by atoms with Crippen LogP contribution in [0.1, 0.15) is 13.8 Å². The molecule has 1 saturated heterocycles. The Kier molecular flexibility index (Phi) is 0.908. The first kappa shape index (κ1) is 5.97. The number of aliphatic hydroxyl groups is 2. The van der Waals surface area contributed by atoms with E-state index in [0.29, 0.717) is 0 Å². The monoisotopic (exact) mass is 120 g/mol. The van der Waals surface area contributed by atoms with Crippen LogP contribution in [0.3, 0.4) is 0 Å². The highest BCUT2D eigenvalue weighted by molar-refractivity contribution is 4.79. The SMILES string of the molecule is CC(C)(O)C1(O)OO1. The Hall–Kier alpha value is -0.160. The van der Waals surface area contributed by atoms with Gasteiger partial charge in [-0.15, -0.1) is 0 Å². The van der Waals surface area contributed by atoms with Crippen molar-refractivity contribution in [2.45, 2.75) is 25.4 Å². The Balaban J connectivity index is 2.58. The molecule has 0 aromatic heterocycles. The van der Waals surface area contributed by atoms with Gasteiger partial charge < -0.3 is 10.2 Å².